The predicted octanol–water partition coefficient (Wildman–Crippen LogP) is 8.45. The first-order chi connectivity index (χ1) is 25.6. The number of phenolic OH excluding ortho intramolecular Hbond substituents is 1. The van der Waals surface area contributed by atoms with Crippen molar-refractivity contribution in [3.63, 3.8) is 0 Å². The Balaban J connectivity index is 1.27. The minimum Gasteiger partial charge on any atom is -0.508 e. The number of imide groups is 1. The molecule has 2 amide bonds. The van der Waals surface area contributed by atoms with Crippen LogP contribution < -0.4 is 15.3 Å². The standard InChI is InChI=1S/C46H51NO5Si/c1-5-15-32(28-33-22-25-36(48)26-23-33)24-27-41-42-34(29-39-43(40(42)31-51-41)45(50)47(44(39)49)35-16-9-6-10-17-35)30-52-53(46(2,3)4,37-18-11-7-12-19-37)38-20-13-8-14-21-38/h6-14,16-23,25-26,28,39-41,43,48H,5,15,24,27,29-31H2,1-4H3/b32-28+/t39-,40+,41-,43-/m1/s1. The second-order valence-corrected chi connectivity index (χ2v) is 20.1. The van der Waals surface area contributed by atoms with Crippen molar-refractivity contribution < 1.29 is 23.9 Å². The maximum absolute atomic E-state index is 14.3. The lowest BCUT2D eigenvalue weighted by Gasteiger charge is -2.44. The zero-order valence-electron chi connectivity index (χ0n) is 31.3. The summed E-state index contributed by atoms with van der Waals surface area (Å²) < 4.78 is 14.2. The number of hydrogen-bond acceptors (Lipinski definition) is 5. The monoisotopic (exact) mass is 725 g/mol. The van der Waals surface area contributed by atoms with Crippen molar-refractivity contribution in [2.24, 2.45) is 17.8 Å². The number of fused-ring (bicyclic) bond motifs is 3. The normalized spacial score (nSPS) is 22.0. The Morgan fingerprint density at radius 1 is 0.830 bits per heavy atom. The maximum atomic E-state index is 14.3. The molecule has 7 heteroatoms. The molecule has 4 atom stereocenters. The molecule has 0 unspecified atom stereocenters. The Morgan fingerprint density at radius 3 is 2.02 bits per heavy atom. The molecule has 2 heterocycles. The molecule has 2 saturated heterocycles. The minimum atomic E-state index is -2.89. The van der Waals surface area contributed by atoms with Crippen molar-refractivity contribution in [1.82, 2.24) is 0 Å². The number of allylic oxidation sites excluding steroid dienone is 1. The summed E-state index contributed by atoms with van der Waals surface area (Å²) in [6.07, 6.45) is 6.14. The lowest BCUT2D eigenvalue weighted by atomic mass is 9.69. The van der Waals surface area contributed by atoms with Crippen LogP contribution in [0.5, 0.6) is 5.75 Å². The van der Waals surface area contributed by atoms with Crippen molar-refractivity contribution in [3.8, 4) is 5.75 Å². The van der Waals surface area contributed by atoms with Gasteiger partial charge in [-0.25, -0.2) is 0 Å². The summed E-state index contributed by atoms with van der Waals surface area (Å²) in [4.78, 5) is 29.9. The summed E-state index contributed by atoms with van der Waals surface area (Å²) in [6.45, 7) is 9.83. The van der Waals surface area contributed by atoms with Gasteiger partial charge < -0.3 is 14.3 Å². The van der Waals surface area contributed by atoms with Crippen LogP contribution in [-0.4, -0.2) is 44.6 Å². The molecule has 0 aromatic heterocycles. The topological polar surface area (TPSA) is 76.1 Å². The van der Waals surface area contributed by atoms with Gasteiger partial charge in [0.05, 0.1) is 36.8 Å². The third-order valence-electron chi connectivity index (χ3n) is 11.5. The van der Waals surface area contributed by atoms with E-state index in [0.717, 1.165) is 36.8 Å². The molecule has 6 nitrogen and oxygen atoms in total. The van der Waals surface area contributed by atoms with Crippen molar-refractivity contribution >= 4 is 42.3 Å². The van der Waals surface area contributed by atoms with Crippen LogP contribution in [0.1, 0.15) is 65.4 Å². The Labute approximate surface area is 315 Å². The third kappa shape index (κ3) is 7.10. The highest BCUT2D eigenvalue weighted by Crippen LogP contribution is 2.51. The highest BCUT2D eigenvalue weighted by molar-refractivity contribution is 6.99. The SMILES string of the molecule is CCC/C(=C\c1ccc(O)cc1)CC[C@H]1OC[C@H]2C1=C(CO[Si](c1ccccc1)(c1ccccc1)C(C)(C)C)C[C@H]1C(=O)N(c3ccccc3)C(=O)[C@H]12. The average Bonchev–Trinajstić information content (AvgIpc) is 3.70. The lowest BCUT2D eigenvalue weighted by Crippen LogP contribution is -2.66. The van der Waals surface area contributed by atoms with Gasteiger partial charge in [-0.3, -0.25) is 14.5 Å². The first kappa shape index (κ1) is 36.8. The number of ether oxygens (including phenoxy) is 1. The van der Waals surface area contributed by atoms with Crippen molar-refractivity contribution in [2.45, 2.75) is 70.9 Å². The van der Waals surface area contributed by atoms with Crippen LogP contribution in [0.3, 0.4) is 0 Å². The van der Waals surface area contributed by atoms with E-state index in [2.05, 4.69) is 94.4 Å². The van der Waals surface area contributed by atoms with Crippen LogP contribution in [-0.2, 0) is 18.8 Å². The maximum Gasteiger partial charge on any atom is 0.261 e. The number of benzene rings is 4. The van der Waals surface area contributed by atoms with Crippen molar-refractivity contribution in [2.75, 3.05) is 18.1 Å². The number of carbonyl (C=O) groups excluding carboxylic acids is 2. The Bertz CT molecular complexity index is 1930. The van der Waals surface area contributed by atoms with Gasteiger partial charge in [0, 0.05) is 5.92 Å². The summed E-state index contributed by atoms with van der Waals surface area (Å²) >= 11 is 0. The summed E-state index contributed by atoms with van der Waals surface area (Å²) in [7, 11) is -2.89. The fraction of sp³-hybridized carbons (Fsp3) is 0.348. The van der Waals surface area contributed by atoms with Crippen LogP contribution in [0.15, 0.2) is 132 Å². The molecule has 7 rings (SSSR count). The van der Waals surface area contributed by atoms with E-state index in [1.807, 2.05) is 42.5 Å². The van der Waals surface area contributed by atoms with Crippen LogP contribution in [0.4, 0.5) is 5.69 Å². The molecule has 274 valence electrons. The first-order valence-electron chi connectivity index (χ1n) is 19.1. The molecule has 2 aliphatic heterocycles. The van der Waals surface area contributed by atoms with Crippen LogP contribution >= 0.6 is 0 Å². The number of hydrogen-bond donors (Lipinski definition) is 1. The molecule has 0 saturated carbocycles. The molecule has 0 spiro atoms. The van der Waals surface area contributed by atoms with Gasteiger partial charge in [0.25, 0.3) is 8.32 Å². The number of carbonyl (C=O) groups is 2. The molecule has 0 bridgehead atoms. The van der Waals surface area contributed by atoms with E-state index in [0.29, 0.717) is 25.3 Å². The van der Waals surface area contributed by atoms with Gasteiger partial charge in [0.15, 0.2) is 0 Å². The molecular weight excluding hydrogens is 675 g/mol. The molecule has 0 radical (unpaired) electrons. The van der Waals surface area contributed by atoms with E-state index in [1.54, 1.807) is 12.1 Å². The Morgan fingerprint density at radius 2 is 1.43 bits per heavy atom. The smallest absolute Gasteiger partial charge is 0.261 e. The molecule has 1 aliphatic carbocycles. The summed E-state index contributed by atoms with van der Waals surface area (Å²) in [5.74, 6) is -1.09. The zero-order chi connectivity index (χ0) is 37.2. The van der Waals surface area contributed by atoms with E-state index in [1.165, 1.54) is 26.4 Å². The van der Waals surface area contributed by atoms with E-state index in [9.17, 15) is 14.7 Å². The second kappa shape index (κ2) is 15.4. The molecule has 53 heavy (non-hydrogen) atoms. The Hall–Kier alpha value is -4.56. The van der Waals surface area contributed by atoms with Crippen molar-refractivity contribution in [1.29, 1.82) is 0 Å². The number of rotatable bonds is 12. The number of nitrogens with zero attached hydrogens (tertiary/aromatic N) is 1. The zero-order valence-corrected chi connectivity index (χ0v) is 32.3. The number of para-hydroxylation sites is 1. The van der Waals surface area contributed by atoms with Gasteiger partial charge in [0.1, 0.15) is 5.75 Å². The molecule has 4 aromatic carbocycles. The van der Waals surface area contributed by atoms with Gasteiger partial charge in [-0.1, -0.05) is 137 Å². The second-order valence-electron chi connectivity index (χ2n) is 15.8. The average molecular weight is 726 g/mol. The van der Waals surface area contributed by atoms with Crippen LogP contribution in [0.2, 0.25) is 5.04 Å². The number of phenols is 1. The third-order valence-corrected chi connectivity index (χ3v) is 16.4. The van der Waals surface area contributed by atoms with Crippen molar-refractivity contribution in [3.05, 3.63) is 138 Å². The quantitative estimate of drug-likeness (QED) is 0.0902. The summed E-state index contributed by atoms with van der Waals surface area (Å²) in [5, 5.41) is 12.0. The molecule has 4 aromatic rings. The van der Waals surface area contributed by atoms with Crippen LogP contribution in [0, 0.1) is 17.8 Å². The minimum absolute atomic E-state index is 0.121. The highest BCUT2D eigenvalue weighted by Gasteiger charge is 2.58. The van der Waals surface area contributed by atoms with Gasteiger partial charge in [-0.2, -0.15) is 0 Å². The number of anilines is 1. The Kier molecular flexibility index (Phi) is 10.7. The molecule has 1 N–H and O–H groups in total. The van der Waals surface area contributed by atoms with Gasteiger partial charge in [-0.05, 0) is 82.1 Å². The van der Waals surface area contributed by atoms with E-state index in [4.69, 9.17) is 9.16 Å². The molecular formula is C46H51NO5Si. The number of aromatic hydroxyl groups is 1. The van der Waals surface area contributed by atoms with Gasteiger partial charge in [-0.15, -0.1) is 0 Å². The fourth-order valence-electron chi connectivity index (χ4n) is 9.11. The largest absolute Gasteiger partial charge is 0.508 e. The van der Waals surface area contributed by atoms with Gasteiger partial charge in [0.2, 0.25) is 11.8 Å². The fourth-order valence-corrected chi connectivity index (χ4v) is 13.7. The summed E-state index contributed by atoms with van der Waals surface area (Å²) in [6, 6.07) is 38.0. The summed E-state index contributed by atoms with van der Waals surface area (Å²) in [5.41, 5.74) is 5.30. The van der Waals surface area contributed by atoms with E-state index >= 15 is 0 Å². The highest BCUT2D eigenvalue weighted by atomic mass is 28.4. The lowest BCUT2D eigenvalue weighted by molar-refractivity contribution is -0.122. The van der Waals surface area contributed by atoms with Crippen LogP contribution in [0.25, 0.3) is 6.08 Å². The molecule has 2 fully saturated rings. The van der Waals surface area contributed by atoms with Gasteiger partial charge >= 0.3 is 0 Å². The number of amides is 2. The van der Waals surface area contributed by atoms with E-state index in [-0.39, 0.29) is 34.6 Å². The van der Waals surface area contributed by atoms with E-state index < -0.39 is 20.2 Å². The first-order valence-corrected chi connectivity index (χ1v) is 21.0. The molecule has 3 aliphatic rings. The predicted molar refractivity (Wildman–Crippen MR) is 215 cm³/mol.